The summed E-state index contributed by atoms with van der Waals surface area (Å²) < 4.78 is 5.42. The van der Waals surface area contributed by atoms with Crippen LogP contribution in [0.25, 0.3) is 11.1 Å². The molecule has 0 heterocycles. The molecule has 3 heteroatoms. The Morgan fingerprint density at radius 2 is 1.60 bits per heavy atom. The van der Waals surface area contributed by atoms with Crippen molar-refractivity contribution in [2.75, 3.05) is 7.11 Å². The van der Waals surface area contributed by atoms with Crippen LogP contribution in [0.4, 0.5) is 0 Å². The van der Waals surface area contributed by atoms with Crippen LogP contribution in [0.15, 0.2) is 53.7 Å². The molecule has 0 aromatic heterocycles. The topological polar surface area (TPSA) is 30.8 Å². The van der Waals surface area contributed by atoms with Crippen molar-refractivity contribution in [1.82, 2.24) is 0 Å². The highest BCUT2D eigenvalue weighted by molar-refractivity contribution is 5.91. The van der Waals surface area contributed by atoms with E-state index in [1.807, 2.05) is 56.3 Å². The van der Waals surface area contributed by atoms with E-state index in [9.17, 15) is 0 Å². The standard InChI is InChI=1S/C17H19NO2/c1-13(2)20-18-12-14-8-4-5-9-15(14)16-10-6-7-11-17(16)19-3/h4-13H,1-3H3/b18-12+. The van der Waals surface area contributed by atoms with E-state index in [1.165, 1.54) is 0 Å². The van der Waals surface area contributed by atoms with Crippen LogP contribution in [0.3, 0.4) is 0 Å². The predicted molar refractivity (Wildman–Crippen MR) is 82.2 cm³/mol. The molecule has 0 spiro atoms. The van der Waals surface area contributed by atoms with Crippen molar-refractivity contribution < 1.29 is 9.57 Å². The van der Waals surface area contributed by atoms with Gasteiger partial charge in [0.25, 0.3) is 0 Å². The quantitative estimate of drug-likeness (QED) is 0.604. The summed E-state index contributed by atoms with van der Waals surface area (Å²) in [4.78, 5) is 5.23. The average molecular weight is 269 g/mol. The fourth-order valence-corrected chi connectivity index (χ4v) is 1.93. The van der Waals surface area contributed by atoms with Gasteiger partial charge in [-0.05, 0) is 25.5 Å². The number of methoxy groups -OCH3 is 1. The SMILES string of the molecule is COc1ccccc1-c1ccccc1/C=N/OC(C)C. The summed E-state index contributed by atoms with van der Waals surface area (Å²) >= 11 is 0. The Balaban J connectivity index is 2.39. The van der Waals surface area contributed by atoms with E-state index < -0.39 is 0 Å². The Hall–Kier alpha value is -2.29. The largest absolute Gasteiger partial charge is 0.496 e. The second kappa shape index (κ2) is 6.75. The summed E-state index contributed by atoms with van der Waals surface area (Å²) in [6.07, 6.45) is 1.81. The lowest BCUT2D eigenvalue weighted by molar-refractivity contribution is 0.0874. The number of nitrogens with zero attached hydrogens (tertiary/aromatic N) is 1. The molecule has 0 atom stereocenters. The number of ether oxygens (including phenoxy) is 1. The minimum absolute atomic E-state index is 0.0738. The van der Waals surface area contributed by atoms with Gasteiger partial charge < -0.3 is 9.57 Å². The molecule has 104 valence electrons. The van der Waals surface area contributed by atoms with Crippen molar-refractivity contribution in [2.24, 2.45) is 5.16 Å². The van der Waals surface area contributed by atoms with Crippen LogP contribution in [0.5, 0.6) is 5.75 Å². The second-order valence-electron chi connectivity index (χ2n) is 4.68. The summed E-state index contributed by atoms with van der Waals surface area (Å²) in [6.45, 7) is 3.90. The lowest BCUT2D eigenvalue weighted by Gasteiger charge is -2.10. The fourth-order valence-electron chi connectivity index (χ4n) is 1.93. The van der Waals surface area contributed by atoms with E-state index >= 15 is 0 Å². The molecule has 0 aliphatic heterocycles. The summed E-state index contributed by atoms with van der Waals surface area (Å²) in [5.41, 5.74) is 3.11. The molecule has 0 unspecified atom stereocenters. The first-order valence-electron chi connectivity index (χ1n) is 6.64. The monoisotopic (exact) mass is 269 g/mol. The van der Waals surface area contributed by atoms with E-state index in [2.05, 4.69) is 11.2 Å². The minimum Gasteiger partial charge on any atom is -0.496 e. The molecule has 2 aromatic carbocycles. The molecular weight excluding hydrogens is 250 g/mol. The smallest absolute Gasteiger partial charge is 0.126 e. The number of oxime groups is 1. The predicted octanol–water partition coefficient (Wildman–Crippen LogP) is 4.12. The van der Waals surface area contributed by atoms with Crippen LogP contribution < -0.4 is 4.74 Å². The fraction of sp³-hybridized carbons (Fsp3) is 0.235. The first-order valence-corrected chi connectivity index (χ1v) is 6.64. The number of rotatable bonds is 5. The van der Waals surface area contributed by atoms with Crippen molar-refractivity contribution in [3.63, 3.8) is 0 Å². The highest BCUT2D eigenvalue weighted by Crippen LogP contribution is 2.31. The summed E-state index contributed by atoms with van der Waals surface area (Å²) in [6, 6.07) is 16.0. The molecule has 0 N–H and O–H groups in total. The first-order chi connectivity index (χ1) is 9.72. The molecule has 3 nitrogen and oxygen atoms in total. The lowest BCUT2D eigenvalue weighted by Crippen LogP contribution is -1.97. The number of hydrogen-bond acceptors (Lipinski definition) is 3. The van der Waals surface area contributed by atoms with E-state index in [-0.39, 0.29) is 6.10 Å². The van der Waals surface area contributed by atoms with Crippen LogP contribution >= 0.6 is 0 Å². The number of para-hydroxylation sites is 1. The lowest BCUT2D eigenvalue weighted by atomic mass is 9.99. The van der Waals surface area contributed by atoms with Gasteiger partial charge in [-0.1, -0.05) is 47.6 Å². The third kappa shape index (κ3) is 3.38. The van der Waals surface area contributed by atoms with Gasteiger partial charge in [-0.25, -0.2) is 0 Å². The molecule has 0 radical (unpaired) electrons. The Labute approximate surface area is 119 Å². The van der Waals surface area contributed by atoms with Gasteiger partial charge in [-0.3, -0.25) is 0 Å². The normalized spacial score (nSPS) is 11.0. The highest BCUT2D eigenvalue weighted by Gasteiger charge is 2.08. The zero-order valence-electron chi connectivity index (χ0n) is 12.0. The van der Waals surface area contributed by atoms with E-state index in [1.54, 1.807) is 13.3 Å². The minimum atomic E-state index is 0.0738. The second-order valence-corrected chi connectivity index (χ2v) is 4.68. The molecule has 0 bridgehead atoms. The van der Waals surface area contributed by atoms with Gasteiger partial charge in [0.1, 0.15) is 11.9 Å². The maximum Gasteiger partial charge on any atom is 0.126 e. The van der Waals surface area contributed by atoms with Gasteiger partial charge in [0.05, 0.1) is 13.3 Å². The van der Waals surface area contributed by atoms with Gasteiger partial charge >= 0.3 is 0 Å². The molecule has 2 aromatic rings. The third-order valence-corrected chi connectivity index (χ3v) is 2.82. The zero-order valence-corrected chi connectivity index (χ0v) is 12.0. The zero-order chi connectivity index (χ0) is 14.4. The van der Waals surface area contributed by atoms with Crippen molar-refractivity contribution >= 4 is 6.21 Å². The highest BCUT2D eigenvalue weighted by atomic mass is 16.6. The first kappa shape index (κ1) is 14.1. The molecule has 0 fully saturated rings. The third-order valence-electron chi connectivity index (χ3n) is 2.82. The summed E-state index contributed by atoms with van der Waals surface area (Å²) in [5.74, 6) is 0.845. The number of benzene rings is 2. The molecule has 20 heavy (non-hydrogen) atoms. The van der Waals surface area contributed by atoms with Crippen molar-refractivity contribution in [3.8, 4) is 16.9 Å². The molecule has 0 aliphatic carbocycles. The number of hydrogen-bond donors (Lipinski definition) is 0. The van der Waals surface area contributed by atoms with E-state index in [4.69, 9.17) is 9.57 Å². The van der Waals surface area contributed by atoms with Crippen LogP contribution in [0.1, 0.15) is 19.4 Å². The van der Waals surface area contributed by atoms with E-state index in [0.29, 0.717) is 0 Å². The Bertz CT molecular complexity index is 591. The van der Waals surface area contributed by atoms with Crippen LogP contribution in [0.2, 0.25) is 0 Å². The van der Waals surface area contributed by atoms with E-state index in [0.717, 1.165) is 22.4 Å². The maximum atomic E-state index is 5.42. The summed E-state index contributed by atoms with van der Waals surface area (Å²) in [5, 5.41) is 4.02. The average Bonchev–Trinajstić information content (AvgIpc) is 2.47. The molecular formula is C17H19NO2. The van der Waals surface area contributed by atoms with Gasteiger partial charge in [-0.2, -0.15) is 0 Å². The van der Waals surface area contributed by atoms with Crippen molar-refractivity contribution in [2.45, 2.75) is 20.0 Å². The van der Waals surface area contributed by atoms with Crippen LogP contribution in [-0.2, 0) is 4.84 Å². The molecule has 0 saturated heterocycles. The van der Waals surface area contributed by atoms with Gasteiger partial charge in [0, 0.05) is 11.1 Å². The van der Waals surface area contributed by atoms with Gasteiger partial charge in [0.15, 0.2) is 0 Å². The van der Waals surface area contributed by atoms with Crippen LogP contribution in [0, 0.1) is 0 Å². The Morgan fingerprint density at radius 1 is 0.950 bits per heavy atom. The van der Waals surface area contributed by atoms with Crippen LogP contribution in [-0.4, -0.2) is 19.4 Å². The van der Waals surface area contributed by atoms with Gasteiger partial charge in [0.2, 0.25) is 0 Å². The Kier molecular flexibility index (Phi) is 4.77. The maximum absolute atomic E-state index is 5.42. The van der Waals surface area contributed by atoms with Gasteiger partial charge in [-0.15, -0.1) is 0 Å². The molecule has 2 rings (SSSR count). The Morgan fingerprint density at radius 3 is 2.30 bits per heavy atom. The molecule has 0 amide bonds. The molecule has 0 aliphatic rings. The van der Waals surface area contributed by atoms with Crippen molar-refractivity contribution in [3.05, 3.63) is 54.1 Å². The molecule has 0 saturated carbocycles. The summed E-state index contributed by atoms with van der Waals surface area (Å²) in [7, 11) is 1.68. The van der Waals surface area contributed by atoms with Crippen molar-refractivity contribution in [1.29, 1.82) is 0 Å².